The molecule has 0 saturated carbocycles. The van der Waals surface area contributed by atoms with Crippen molar-refractivity contribution >= 4 is 11.8 Å². The number of alkyl halides is 1. The van der Waals surface area contributed by atoms with E-state index in [9.17, 15) is 19.3 Å². The highest BCUT2D eigenvalue weighted by atomic mass is 19.1. The maximum atomic E-state index is 12.4. The van der Waals surface area contributed by atoms with Crippen LogP contribution in [0.2, 0.25) is 0 Å². The van der Waals surface area contributed by atoms with E-state index >= 15 is 0 Å². The Kier molecular flexibility index (Phi) is 4.62. The standard InChI is InChI=1S/C7H12FN3O4/c1-7(2,11(13)14)5(4-8)10-15-6(12)9-3/h4H2,1-3H3,(H,9,12). The number of oxime groups is 1. The molecule has 0 fully saturated rings. The van der Waals surface area contributed by atoms with E-state index < -0.39 is 28.9 Å². The Morgan fingerprint density at radius 2 is 2.20 bits per heavy atom. The van der Waals surface area contributed by atoms with E-state index in [0.29, 0.717) is 0 Å². The van der Waals surface area contributed by atoms with Crippen molar-refractivity contribution < 1.29 is 18.9 Å². The summed E-state index contributed by atoms with van der Waals surface area (Å²) in [4.78, 5) is 24.6. The number of hydrogen-bond acceptors (Lipinski definition) is 5. The maximum Gasteiger partial charge on any atom is 0.433 e. The number of nitrogens with zero attached hydrogens (tertiary/aromatic N) is 2. The summed E-state index contributed by atoms with van der Waals surface area (Å²) >= 11 is 0. The number of rotatable bonds is 4. The molecule has 0 atom stereocenters. The predicted octanol–water partition coefficient (Wildman–Crippen LogP) is 0.723. The van der Waals surface area contributed by atoms with Gasteiger partial charge in [0.1, 0.15) is 6.67 Å². The van der Waals surface area contributed by atoms with E-state index in [1.165, 1.54) is 20.9 Å². The molecule has 1 amide bonds. The lowest BCUT2D eigenvalue weighted by Gasteiger charge is -2.14. The number of nitrogens with one attached hydrogen (secondary N) is 1. The minimum absolute atomic E-state index is 0.462. The summed E-state index contributed by atoms with van der Waals surface area (Å²) in [5.74, 6) is 0. The van der Waals surface area contributed by atoms with Gasteiger partial charge in [-0.25, -0.2) is 9.18 Å². The van der Waals surface area contributed by atoms with E-state index in [-0.39, 0.29) is 0 Å². The van der Waals surface area contributed by atoms with Crippen molar-refractivity contribution in [3.05, 3.63) is 10.1 Å². The maximum absolute atomic E-state index is 12.4. The SMILES string of the molecule is CNC(=O)ON=C(CF)C(C)(C)[N+](=O)[O-]. The van der Waals surface area contributed by atoms with Crippen molar-refractivity contribution in [3.8, 4) is 0 Å². The van der Waals surface area contributed by atoms with Crippen LogP contribution >= 0.6 is 0 Å². The first-order valence-electron chi connectivity index (χ1n) is 4.02. The van der Waals surface area contributed by atoms with Gasteiger partial charge in [0.05, 0.1) is 0 Å². The number of nitro groups is 1. The summed E-state index contributed by atoms with van der Waals surface area (Å²) in [6, 6.07) is 0. The summed E-state index contributed by atoms with van der Waals surface area (Å²) in [7, 11) is 1.28. The van der Waals surface area contributed by atoms with Crippen LogP contribution in [0.3, 0.4) is 0 Å². The molecule has 0 aromatic carbocycles. The molecule has 0 aromatic rings. The van der Waals surface area contributed by atoms with Gasteiger partial charge in [-0.05, 0) is 0 Å². The molecule has 0 spiro atoms. The predicted molar refractivity (Wildman–Crippen MR) is 50.0 cm³/mol. The molecule has 1 N–H and O–H groups in total. The third kappa shape index (κ3) is 3.49. The first-order chi connectivity index (χ1) is 6.86. The average Bonchev–Trinajstić information content (AvgIpc) is 2.17. The second kappa shape index (κ2) is 5.23. The smallest absolute Gasteiger partial charge is 0.323 e. The van der Waals surface area contributed by atoms with E-state index in [4.69, 9.17) is 0 Å². The minimum atomic E-state index is -1.71. The number of halogens is 1. The lowest BCUT2D eigenvalue weighted by atomic mass is 10.0. The van der Waals surface area contributed by atoms with Crippen molar-refractivity contribution in [2.24, 2.45) is 5.16 Å². The van der Waals surface area contributed by atoms with Gasteiger partial charge in [-0.3, -0.25) is 15.0 Å². The topological polar surface area (TPSA) is 93.8 Å². The fourth-order valence-electron chi connectivity index (χ4n) is 0.547. The summed E-state index contributed by atoms with van der Waals surface area (Å²) in [6.07, 6.45) is -0.917. The van der Waals surface area contributed by atoms with Gasteiger partial charge in [0.15, 0.2) is 5.71 Å². The molecule has 0 bridgehead atoms. The number of carbonyl (C=O) groups excluding carboxylic acids is 1. The van der Waals surface area contributed by atoms with Crippen LogP contribution in [0, 0.1) is 10.1 Å². The minimum Gasteiger partial charge on any atom is -0.323 e. The average molecular weight is 221 g/mol. The normalized spacial score (nSPS) is 12.1. The summed E-state index contributed by atoms with van der Waals surface area (Å²) in [6.45, 7) is 1.17. The molecule has 0 aliphatic heterocycles. The molecule has 0 unspecified atom stereocenters. The van der Waals surface area contributed by atoms with Gasteiger partial charge in [0.25, 0.3) is 5.54 Å². The van der Waals surface area contributed by atoms with Crippen molar-refractivity contribution in [3.63, 3.8) is 0 Å². The molecule has 0 heterocycles. The Hall–Kier alpha value is -1.73. The van der Waals surface area contributed by atoms with Crippen LogP contribution in [-0.2, 0) is 4.84 Å². The van der Waals surface area contributed by atoms with Gasteiger partial charge in [-0.1, -0.05) is 5.16 Å². The molecule has 15 heavy (non-hydrogen) atoms. The van der Waals surface area contributed by atoms with E-state index in [1.807, 2.05) is 0 Å². The first kappa shape index (κ1) is 13.3. The Morgan fingerprint density at radius 1 is 1.67 bits per heavy atom. The van der Waals surface area contributed by atoms with Crippen LogP contribution in [0.25, 0.3) is 0 Å². The van der Waals surface area contributed by atoms with Gasteiger partial charge in [-0.2, -0.15) is 0 Å². The Bertz CT molecular complexity index is 290. The molecule has 0 rings (SSSR count). The highest BCUT2D eigenvalue weighted by Crippen LogP contribution is 2.11. The molecular formula is C7H12FN3O4. The van der Waals surface area contributed by atoms with Crippen molar-refractivity contribution in [2.45, 2.75) is 19.4 Å². The Balaban J connectivity index is 4.75. The molecule has 0 radical (unpaired) electrons. The highest BCUT2D eigenvalue weighted by molar-refractivity contribution is 5.92. The van der Waals surface area contributed by atoms with Crippen LogP contribution in [0.4, 0.5) is 9.18 Å². The summed E-state index contributed by atoms with van der Waals surface area (Å²) in [5, 5.41) is 15.7. The molecule has 0 saturated heterocycles. The molecule has 8 heteroatoms. The zero-order chi connectivity index (χ0) is 12.1. The van der Waals surface area contributed by atoms with Crippen LogP contribution in [-0.4, -0.2) is 36.0 Å². The summed E-state index contributed by atoms with van der Waals surface area (Å²) in [5.41, 5.74) is -2.17. The van der Waals surface area contributed by atoms with Gasteiger partial charge in [0.2, 0.25) is 0 Å². The van der Waals surface area contributed by atoms with Crippen LogP contribution in [0.5, 0.6) is 0 Å². The molecule has 86 valence electrons. The van der Waals surface area contributed by atoms with Gasteiger partial charge in [0, 0.05) is 25.8 Å². The van der Waals surface area contributed by atoms with Gasteiger partial charge < -0.3 is 5.32 Å². The monoisotopic (exact) mass is 221 g/mol. The molecular weight excluding hydrogens is 209 g/mol. The number of carbonyl (C=O) groups is 1. The quantitative estimate of drug-likeness (QED) is 0.327. The second-order valence-electron chi connectivity index (χ2n) is 3.12. The lowest BCUT2D eigenvalue weighted by Crippen LogP contribution is -2.41. The first-order valence-corrected chi connectivity index (χ1v) is 4.02. The zero-order valence-electron chi connectivity index (χ0n) is 8.61. The molecule has 0 aliphatic rings. The third-order valence-electron chi connectivity index (χ3n) is 1.73. The van der Waals surface area contributed by atoms with Crippen molar-refractivity contribution in [2.75, 3.05) is 13.7 Å². The van der Waals surface area contributed by atoms with Gasteiger partial charge in [-0.15, -0.1) is 0 Å². The highest BCUT2D eigenvalue weighted by Gasteiger charge is 2.38. The van der Waals surface area contributed by atoms with Crippen molar-refractivity contribution in [1.29, 1.82) is 0 Å². The second-order valence-corrected chi connectivity index (χ2v) is 3.12. The Labute approximate surface area is 85.4 Å². The summed E-state index contributed by atoms with van der Waals surface area (Å²) < 4.78 is 12.4. The molecule has 0 aromatic heterocycles. The van der Waals surface area contributed by atoms with Crippen LogP contribution < -0.4 is 5.32 Å². The lowest BCUT2D eigenvalue weighted by molar-refractivity contribution is -0.538. The van der Waals surface area contributed by atoms with E-state index in [0.717, 1.165) is 0 Å². The van der Waals surface area contributed by atoms with E-state index in [1.54, 1.807) is 0 Å². The van der Waals surface area contributed by atoms with Crippen LogP contribution in [0.15, 0.2) is 5.16 Å². The largest absolute Gasteiger partial charge is 0.433 e. The van der Waals surface area contributed by atoms with Gasteiger partial charge >= 0.3 is 6.09 Å². The Morgan fingerprint density at radius 3 is 2.53 bits per heavy atom. The zero-order valence-corrected chi connectivity index (χ0v) is 8.61. The third-order valence-corrected chi connectivity index (χ3v) is 1.73. The molecule has 7 nitrogen and oxygen atoms in total. The van der Waals surface area contributed by atoms with Crippen molar-refractivity contribution in [1.82, 2.24) is 5.32 Å². The van der Waals surface area contributed by atoms with Crippen LogP contribution in [0.1, 0.15) is 13.8 Å². The fraction of sp³-hybridized carbons (Fsp3) is 0.714. The fourth-order valence-corrected chi connectivity index (χ4v) is 0.547. The number of amides is 1. The van der Waals surface area contributed by atoms with E-state index in [2.05, 4.69) is 15.3 Å². The molecule has 0 aliphatic carbocycles. The number of hydrogen-bond donors (Lipinski definition) is 1.